The van der Waals surface area contributed by atoms with Crippen LogP contribution in [0.1, 0.15) is 45.4 Å². The predicted octanol–water partition coefficient (Wildman–Crippen LogP) is 4.83. The fourth-order valence-corrected chi connectivity index (χ4v) is 3.51. The van der Waals surface area contributed by atoms with Crippen LogP contribution in [0, 0.1) is 0 Å². The van der Waals surface area contributed by atoms with Gasteiger partial charge in [0.2, 0.25) is 0 Å². The van der Waals surface area contributed by atoms with Crippen LogP contribution < -0.4 is 4.74 Å². The van der Waals surface area contributed by atoms with Crippen molar-refractivity contribution in [2.75, 3.05) is 6.61 Å². The number of fused-ring (bicyclic) bond motifs is 1. The van der Waals surface area contributed by atoms with Crippen LogP contribution in [0.25, 0.3) is 10.8 Å². The largest absolute Gasteiger partial charge is 0.492 e. The Morgan fingerprint density at radius 3 is 2.39 bits per heavy atom. The van der Waals surface area contributed by atoms with E-state index in [2.05, 4.69) is 6.92 Å². The number of rotatable bonds is 9. The zero-order valence-corrected chi connectivity index (χ0v) is 14.3. The maximum atomic E-state index is 11.8. The van der Waals surface area contributed by atoms with E-state index in [1.54, 1.807) is 24.3 Å². The van der Waals surface area contributed by atoms with Gasteiger partial charge in [0.25, 0.3) is 10.1 Å². The Bertz CT molecular complexity index is 738. The molecule has 2 aromatic rings. The quantitative estimate of drug-likeness (QED) is 0.526. The number of benzene rings is 2. The molecular formula is C18H24O4S. The lowest BCUT2D eigenvalue weighted by Gasteiger charge is -2.12. The summed E-state index contributed by atoms with van der Waals surface area (Å²) < 4.78 is 38.7. The summed E-state index contributed by atoms with van der Waals surface area (Å²) in [6.45, 7) is 2.63. The van der Waals surface area contributed by atoms with E-state index >= 15 is 0 Å². The minimum atomic E-state index is -4.34. The Kier molecular flexibility index (Phi) is 6.42. The number of hydrogen-bond acceptors (Lipinski definition) is 3. The van der Waals surface area contributed by atoms with Gasteiger partial charge in [0, 0.05) is 5.39 Å². The molecule has 4 nitrogen and oxygen atoms in total. The van der Waals surface area contributed by atoms with Crippen LogP contribution in [0.4, 0.5) is 0 Å². The Morgan fingerprint density at radius 2 is 1.65 bits per heavy atom. The summed E-state index contributed by atoms with van der Waals surface area (Å²) in [5.41, 5.74) is 0. The third-order valence-corrected chi connectivity index (χ3v) is 4.79. The highest BCUT2D eigenvalue weighted by Crippen LogP contribution is 2.32. The molecule has 0 saturated heterocycles. The standard InChI is InChI=1S/C18H24O4S/c1-2-3-4-5-6-9-14-22-17-13-12-15-10-7-8-11-16(15)18(17)23(19,20)21/h7-8,10-13H,2-6,9,14H2,1H3,(H,19,20,21). The van der Waals surface area contributed by atoms with Gasteiger partial charge in [-0.15, -0.1) is 0 Å². The molecule has 0 atom stereocenters. The Labute approximate surface area is 138 Å². The summed E-state index contributed by atoms with van der Waals surface area (Å²) in [6, 6.07) is 10.5. The highest BCUT2D eigenvalue weighted by atomic mass is 32.2. The minimum absolute atomic E-state index is 0.137. The van der Waals surface area contributed by atoms with Crippen LogP contribution in [0.5, 0.6) is 5.75 Å². The van der Waals surface area contributed by atoms with Gasteiger partial charge in [-0.3, -0.25) is 4.55 Å². The van der Waals surface area contributed by atoms with Crippen molar-refractivity contribution < 1.29 is 17.7 Å². The Hall–Kier alpha value is -1.59. The number of hydrogen-bond donors (Lipinski definition) is 1. The second kappa shape index (κ2) is 8.31. The van der Waals surface area contributed by atoms with Crippen LogP contribution in [0.15, 0.2) is 41.3 Å². The van der Waals surface area contributed by atoms with Crippen molar-refractivity contribution >= 4 is 20.9 Å². The molecule has 2 aromatic carbocycles. The van der Waals surface area contributed by atoms with Gasteiger partial charge in [-0.25, -0.2) is 0 Å². The first-order chi connectivity index (χ1) is 11.0. The van der Waals surface area contributed by atoms with Gasteiger partial charge in [0.15, 0.2) is 0 Å². The fraction of sp³-hybridized carbons (Fsp3) is 0.444. The lowest BCUT2D eigenvalue weighted by atomic mass is 10.1. The van der Waals surface area contributed by atoms with Gasteiger partial charge >= 0.3 is 0 Å². The smallest absolute Gasteiger partial charge is 0.298 e. The predicted molar refractivity (Wildman–Crippen MR) is 92.6 cm³/mol. The van der Waals surface area contributed by atoms with Crippen LogP contribution in [-0.4, -0.2) is 19.6 Å². The lowest BCUT2D eigenvalue weighted by molar-refractivity contribution is 0.296. The van der Waals surface area contributed by atoms with E-state index in [0.29, 0.717) is 12.0 Å². The second-order valence-electron chi connectivity index (χ2n) is 5.71. The van der Waals surface area contributed by atoms with E-state index in [4.69, 9.17) is 4.74 Å². The summed E-state index contributed by atoms with van der Waals surface area (Å²) in [5, 5.41) is 1.24. The summed E-state index contributed by atoms with van der Waals surface area (Å²) in [5.74, 6) is 0.222. The average Bonchev–Trinajstić information content (AvgIpc) is 2.52. The summed E-state index contributed by atoms with van der Waals surface area (Å²) in [4.78, 5) is -0.137. The Morgan fingerprint density at radius 1 is 0.957 bits per heavy atom. The summed E-state index contributed by atoms with van der Waals surface area (Å²) in [6.07, 6.45) is 6.79. The van der Waals surface area contributed by atoms with Crippen molar-refractivity contribution in [1.29, 1.82) is 0 Å². The molecule has 0 spiro atoms. The molecule has 23 heavy (non-hydrogen) atoms. The van der Waals surface area contributed by atoms with Crippen molar-refractivity contribution in [1.82, 2.24) is 0 Å². The molecule has 0 fully saturated rings. The SMILES string of the molecule is CCCCCCCCOc1ccc2ccccc2c1S(=O)(=O)O. The van der Waals surface area contributed by atoms with Crippen molar-refractivity contribution in [3.63, 3.8) is 0 Å². The number of unbranched alkanes of at least 4 members (excludes halogenated alkanes) is 5. The van der Waals surface area contributed by atoms with Crippen molar-refractivity contribution in [3.8, 4) is 5.75 Å². The van der Waals surface area contributed by atoms with E-state index in [1.807, 2.05) is 12.1 Å². The molecular weight excluding hydrogens is 312 g/mol. The highest BCUT2D eigenvalue weighted by molar-refractivity contribution is 7.86. The van der Waals surface area contributed by atoms with E-state index in [-0.39, 0.29) is 10.6 Å². The molecule has 0 bridgehead atoms. The molecule has 0 saturated carbocycles. The molecule has 0 unspecified atom stereocenters. The summed E-state index contributed by atoms with van der Waals surface area (Å²) in [7, 11) is -4.34. The molecule has 5 heteroatoms. The first kappa shape index (κ1) is 17.8. The monoisotopic (exact) mass is 336 g/mol. The molecule has 0 aromatic heterocycles. The van der Waals surface area contributed by atoms with Gasteiger partial charge in [-0.2, -0.15) is 8.42 Å². The zero-order chi connectivity index (χ0) is 16.7. The second-order valence-corrected chi connectivity index (χ2v) is 7.06. The van der Waals surface area contributed by atoms with Gasteiger partial charge in [0.05, 0.1) is 6.61 Å². The van der Waals surface area contributed by atoms with Crippen LogP contribution in [0.2, 0.25) is 0 Å². The molecule has 1 N–H and O–H groups in total. The van der Waals surface area contributed by atoms with Crippen molar-refractivity contribution in [2.24, 2.45) is 0 Å². The molecule has 0 aliphatic heterocycles. The minimum Gasteiger partial charge on any atom is -0.492 e. The maximum Gasteiger partial charge on any atom is 0.298 e. The average molecular weight is 336 g/mol. The van der Waals surface area contributed by atoms with Gasteiger partial charge in [-0.1, -0.05) is 69.4 Å². The number of ether oxygens (including phenoxy) is 1. The van der Waals surface area contributed by atoms with Crippen LogP contribution in [-0.2, 0) is 10.1 Å². The normalized spacial score (nSPS) is 11.7. The van der Waals surface area contributed by atoms with E-state index in [1.165, 1.54) is 25.7 Å². The highest BCUT2D eigenvalue weighted by Gasteiger charge is 2.20. The van der Waals surface area contributed by atoms with Gasteiger partial charge in [0.1, 0.15) is 10.6 Å². The van der Waals surface area contributed by atoms with E-state index in [9.17, 15) is 13.0 Å². The molecule has 2 rings (SSSR count). The fourth-order valence-electron chi connectivity index (χ4n) is 2.67. The van der Waals surface area contributed by atoms with Crippen LogP contribution in [0.3, 0.4) is 0 Å². The first-order valence-corrected chi connectivity index (χ1v) is 9.60. The van der Waals surface area contributed by atoms with Crippen molar-refractivity contribution in [3.05, 3.63) is 36.4 Å². The van der Waals surface area contributed by atoms with E-state index in [0.717, 1.165) is 18.2 Å². The lowest BCUT2D eigenvalue weighted by Crippen LogP contribution is -2.06. The molecule has 0 amide bonds. The third-order valence-electron chi connectivity index (χ3n) is 3.86. The Balaban J connectivity index is 2.08. The van der Waals surface area contributed by atoms with Gasteiger partial charge in [-0.05, 0) is 17.9 Å². The summed E-state index contributed by atoms with van der Waals surface area (Å²) >= 11 is 0. The van der Waals surface area contributed by atoms with E-state index < -0.39 is 10.1 Å². The molecule has 0 aliphatic carbocycles. The maximum absolute atomic E-state index is 11.8. The third kappa shape index (κ3) is 4.94. The van der Waals surface area contributed by atoms with Crippen LogP contribution >= 0.6 is 0 Å². The topological polar surface area (TPSA) is 63.6 Å². The molecule has 0 radical (unpaired) electrons. The van der Waals surface area contributed by atoms with Gasteiger partial charge < -0.3 is 4.74 Å². The van der Waals surface area contributed by atoms with Crippen molar-refractivity contribution in [2.45, 2.75) is 50.3 Å². The molecule has 0 aliphatic rings. The molecule has 126 valence electrons. The first-order valence-electron chi connectivity index (χ1n) is 8.16. The zero-order valence-electron chi connectivity index (χ0n) is 13.5. The molecule has 0 heterocycles.